The van der Waals surface area contributed by atoms with Crippen LogP contribution in [-0.2, 0) is 27.4 Å². The summed E-state index contributed by atoms with van der Waals surface area (Å²) in [7, 11) is 0. The largest absolute Gasteiger partial charge is 1.00 e. The number of hydrogen-bond donors (Lipinski definition) is 1. The zero-order valence-corrected chi connectivity index (χ0v) is 40.0. The number of rotatable bonds is 39. The summed E-state index contributed by atoms with van der Waals surface area (Å²) >= 11 is 1.56. The smallest absolute Gasteiger partial charge is 0.417 e. The highest BCUT2D eigenvalue weighted by Crippen LogP contribution is 2.16. The molecule has 0 aliphatic carbocycles. The number of alkyl carbamates (subject to hydrolysis) is 1. The molecule has 57 heavy (non-hydrogen) atoms. The van der Waals surface area contributed by atoms with Crippen molar-refractivity contribution in [1.29, 1.82) is 0 Å². The summed E-state index contributed by atoms with van der Waals surface area (Å²) in [5.41, 5.74) is 0.898. The molecule has 0 aromatic carbocycles. The summed E-state index contributed by atoms with van der Waals surface area (Å²) in [6, 6.07) is 5.84. The van der Waals surface area contributed by atoms with Crippen LogP contribution in [-0.4, -0.2) is 54.3 Å². The fourth-order valence-electron chi connectivity index (χ4n) is 7.11. The molecule has 3 amide bonds. The molecule has 0 atom stereocenters. The molecule has 10 heteroatoms. The van der Waals surface area contributed by atoms with Crippen molar-refractivity contribution in [3.63, 3.8) is 0 Å². The molecule has 332 valence electrons. The Hall–Kier alpha value is -1.56. The van der Waals surface area contributed by atoms with Crippen LogP contribution in [0.1, 0.15) is 213 Å². The van der Waals surface area contributed by atoms with Crippen molar-refractivity contribution in [3.8, 4) is 0 Å². The highest BCUT2D eigenvalue weighted by Gasteiger charge is 2.26. The summed E-state index contributed by atoms with van der Waals surface area (Å²) in [5, 5.41) is 2.86. The molecular weight excluding hydrogens is 846 g/mol. The number of thioether (sulfide) groups is 1. The Kier molecular flexibility index (Phi) is 41.4. The fourth-order valence-corrected chi connectivity index (χ4v) is 7.71. The first-order valence-corrected chi connectivity index (χ1v) is 24.6. The lowest BCUT2D eigenvalue weighted by Gasteiger charge is -2.19. The van der Waals surface area contributed by atoms with E-state index in [1.54, 1.807) is 11.8 Å². The van der Waals surface area contributed by atoms with Gasteiger partial charge in [0.25, 0.3) is 0 Å². The van der Waals surface area contributed by atoms with Gasteiger partial charge in [0.2, 0.25) is 11.6 Å². The molecule has 1 aromatic heterocycles. The zero-order valence-electron chi connectivity index (χ0n) is 37.0. The highest BCUT2D eigenvalue weighted by atomic mass is 127. The monoisotopic (exact) mass is 932 g/mol. The first kappa shape index (κ1) is 55.4. The molecule has 1 N–H and O–H groups in total. The van der Waals surface area contributed by atoms with E-state index in [0.717, 1.165) is 44.3 Å². The Morgan fingerprint density at radius 3 is 1.51 bits per heavy atom. The number of imide groups is 1. The number of pyridine rings is 1. The first-order chi connectivity index (χ1) is 27.5. The number of nitrogens with one attached hydrogen (secondary N) is 1. The van der Waals surface area contributed by atoms with Crippen LogP contribution in [0.15, 0.2) is 24.4 Å². The van der Waals surface area contributed by atoms with Gasteiger partial charge in [0, 0.05) is 36.6 Å². The van der Waals surface area contributed by atoms with E-state index in [-0.39, 0.29) is 49.1 Å². The Balaban J connectivity index is 0.0000314. The first-order valence-electron chi connectivity index (χ1n) is 23.5. The van der Waals surface area contributed by atoms with Gasteiger partial charge < -0.3 is 38.8 Å². The summed E-state index contributed by atoms with van der Waals surface area (Å²) in [4.78, 5) is 39.8. The third-order valence-electron chi connectivity index (χ3n) is 10.7. The minimum absolute atomic E-state index is 0. The molecule has 0 saturated heterocycles. The summed E-state index contributed by atoms with van der Waals surface area (Å²) in [5.74, 6) is 1.00. The average Bonchev–Trinajstić information content (AvgIpc) is 3.21. The Morgan fingerprint density at radius 2 is 1.04 bits per heavy atom. The SMILES string of the molecule is CCCCCCCCCCCCCCCCCNC(=O)OCCSCCOC(=O)N(Cc1cccc[n+]1CC)C(=O)CCCCCCCCCCCCCCC.[I-]. The second-order valence-corrected chi connectivity index (χ2v) is 16.9. The van der Waals surface area contributed by atoms with Crippen LogP contribution < -0.4 is 33.9 Å². The Morgan fingerprint density at radius 1 is 0.596 bits per heavy atom. The average molecular weight is 932 g/mol. The molecule has 0 radical (unpaired) electrons. The summed E-state index contributed by atoms with van der Waals surface area (Å²) in [6.07, 6.45) is 37.4. The molecule has 0 saturated carbocycles. The Bertz CT molecular complexity index is 1080. The summed E-state index contributed by atoms with van der Waals surface area (Å²) in [6.45, 7) is 8.68. The van der Waals surface area contributed by atoms with Gasteiger partial charge >= 0.3 is 12.2 Å². The lowest BCUT2D eigenvalue weighted by atomic mass is 10.0. The topological polar surface area (TPSA) is 88.8 Å². The van der Waals surface area contributed by atoms with Gasteiger partial charge in [-0.25, -0.2) is 19.1 Å². The van der Waals surface area contributed by atoms with Crippen molar-refractivity contribution in [3.05, 3.63) is 30.1 Å². The van der Waals surface area contributed by atoms with Crippen LogP contribution in [0.2, 0.25) is 0 Å². The number of unbranched alkanes of at least 4 members (excludes halogenated alkanes) is 26. The number of hydrogen-bond acceptors (Lipinski definition) is 6. The van der Waals surface area contributed by atoms with Crippen molar-refractivity contribution in [2.24, 2.45) is 0 Å². The maximum absolute atomic E-state index is 13.3. The van der Waals surface area contributed by atoms with E-state index in [4.69, 9.17) is 9.47 Å². The standard InChI is InChI=1S/C47H85N3O5S.HI/c1-4-7-9-11-13-15-17-19-20-22-24-26-28-30-33-37-48-46(52)54-39-41-56-42-40-55-47(53)50(43-44-35-32-34-38-49(44)6-3)45(51)36-31-29-27-25-23-21-18-16-14-12-10-8-5-2;/h32,34-35,38H,4-31,33,36-37,39-43H2,1-3H3;1H. The fraction of sp³-hybridized carbons (Fsp3) is 0.830. The van der Waals surface area contributed by atoms with Crippen LogP contribution in [0, 0.1) is 0 Å². The number of carbonyl (C=O) groups is 3. The number of halogens is 1. The lowest BCUT2D eigenvalue weighted by molar-refractivity contribution is -0.701. The van der Waals surface area contributed by atoms with Gasteiger partial charge in [0.15, 0.2) is 6.20 Å². The molecule has 0 unspecified atom stereocenters. The third-order valence-corrected chi connectivity index (χ3v) is 11.6. The highest BCUT2D eigenvalue weighted by molar-refractivity contribution is 7.99. The normalized spacial score (nSPS) is 10.9. The number of nitrogens with zero attached hydrogens (tertiary/aromatic N) is 2. The van der Waals surface area contributed by atoms with Crippen molar-refractivity contribution < 1.29 is 52.4 Å². The van der Waals surface area contributed by atoms with E-state index in [1.165, 1.54) is 153 Å². The van der Waals surface area contributed by atoms with Gasteiger partial charge in [-0.1, -0.05) is 187 Å². The summed E-state index contributed by atoms with van der Waals surface area (Å²) < 4.78 is 12.9. The van der Waals surface area contributed by atoms with Gasteiger partial charge in [0.1, 0.15) is 26.3 Å². The Labute approximate surface area is 371 Å². The second-order valence-electron chi connectivity index (χ2n) is 15.7. The third kappa shape index (κ3) is 33.9. The minimum atomic E-state index is -0.591. The van der Waals surface area contributed by atoms with Crippen molar-refractivity contribution >= 4 is 29.9 Å². The molecule has 0 spiro atoms. The van der Waals surface area contributed by atoms with E-state index >= 15 is 0 Å². The van der Waals surface area contributed by atoms with Crippen molar-refractivity contribution in [2.45, 2.75) is 220 Å². The van der Waals surface area contributed by atoms with Crippen LogP contribution >= 0.6 is 11.8 Å². The maximum Gasteiger partial charge on any atom is 0.417 e. The van der Waals surface area contributed by atoms with E-state index in [1.807, 2.05) is 35.9 Å². The molecule has 0 bridgehead atoms. The molecule has 1 aromatic rings. The lowest BCUT2D eigenvalue weighted by Crippen LogP contribution is -3.00. The van der Waals surface area contributed by atoms with Crippen LogP contribution in [0.5, 0.6) is 0 Å². The maximum atomic E-state index is 13.3. The molecule has 1 heterocycles. The number of carbonyl (C=O) groups excluding carboxylic acids is 3. The molecule has 0 aliphatic heterocycles. The van der Waals surface area contributed by atoms with Gasteiger partial charge in [-0.3, -0.25) is 4.79 Å². The van der Waals surface area contributed by atoms with Crippen LogP contribution in [0.3, 0.4) is 0 Å². The van der Waals surface area contributed by atoms with E-state index < -0.39 is 6.09 Å². The van der Waals surface area contributed by atoms with Crippen LogP contribution in [0.4, 0.5) is 9.59 Å². The molecule has 0 aliphatic rings. The van der Waals surface area contributed by atoms with Gasteiger partial charge in [0.05, 0.1) is 0 Å². The minimum Gasteiger partial charge on any atom is -1.00 e. The predicted molar refractivity (Wildman–Crippen MR) is 236 cm³/mol. The zero-order chi connectivity index (χ0) is 40.6. The molecule has 8 nitrogen and oxygen atoms in total. The van der Waals surface area contributed by atoms with Crippen molar-refractivity contribution in [2.75, 3.05) is 31.3 Å². The number of aryl methyl sites for hydroxylation is 1. The second kappa shape index (κ2) is 42.6. The quantitative estimate of drug-likeness (QED) is 0.0402. The van der Waals surface area contributed by atoms with Gasteiger partial charge in [-0.05, 0) is 19.8 Å². The number of amides is 3. The number of aromatic nitrogens is 1. The molecular formula is C47H86IN3O5S. The molecule has 0 fully saturated rings. The van der Waals surface area contributed by atoms with Gasteiger partial charge in [-0.15, -0.1) is 0 Å². The van der Waals surface area contributed by atoms with Gasteiger partial charge in [-0.2, -0.15) is 11.8 Å². The van der Waals surface area contributed by atoms with E-state index in [9.17, 15) is 14.4 Å². The van der Waals surface area contributed by atoms with Crippen LogP contribution in [0.25, 0.3) is 0 Å². The molecule has 1 rings (SSSR count). The van der Waals surface area contributed by atoms with E-state index in [0.29, 0.717) is 31.1 Å². The van der Waals surface area contributed by atoms with E-state index in [2.05, 4.69) is 19.2 Å². The van der Waals surface area contributed by atoms with Crippen molar-refractivity contribution in [1.82, 2.24) is 10.2 Å². The predicted octanol–water partition coefficient (Wildman–Crippen LogP) is 10.3. The number of ether oxygens (including phenoxy) is 2.